The SMILES string of the molecule is COc1ccc(S(=O)(=O)O/N=C2/C=CC(=O)C(C)=C2)cc1. The lowest BCUT2D eigenvalue weighted by Gasteiger charge is -2.05. The van der Waals surface area contributed by atoms with Gasteiger partial charge in [-0.05, 0) is 55.0 Å². The lowest BCUT2D eigenvalue weighted by molar-refractivity contribution is -0.111. The molecule has 7 heteroatoms. The van der Waals surface area contributed by atoms with Crippen molar-refractivity contribution in [3.63, 3.8) is 0 Å². The van der Waals surface area contributed by atoms with Crippen LogP contribution in [0.2, 0.25) is 0 Å². The Morgan fingerprint density at radius 3 is 2.33 bits per heavy atom. The molecule has 1 aliphatic rings. The van der Waals surface area contributed by atoms with Gasteiger partial charge < -0.3 is 4.74 Å². The molecule has 6 nitrogen and oxygen atoms in total. The number of hydrogen-bond acceptors (Lipinski definition) is 6. The monoisotopic (exact) mass is 307 g/mol. The number of benzene rings is 1. The van der Waals surface area contributed by atoms with E-state index in [2.05, 4.69) is 9.44 Å². The molecule has 21 heavy (non-hydrogen) atoms. The zero-order valence-electron chi connectivity index (χ0n) is 11.4. The van der Waals surface area contributed by atoms with Gasteiger partial charge in [0.2, 0.25) is 0 Å². The standard InChI is InChI=1S/C14H13NO5S/c1-10-9-11(3-8-14(10)16)15-20-21(17,18)13-6-4-12(19-2)5-7-13/h3-9H,1-2H3/b15-11-. The summed E-state index contributed by atoms with van der Waals surface area (Å²) >= 11 is 0. The van der Waals surface area contributed by atoms with E-state index < -0.39 is 10.1 Å². The van der Waals surface area contributed by atoms with E-state index in [0.717, 1.165) is 0 Å². The maximum Gasteiger partial charge on any atom is 0.358 e. The summed E-state index contributed by atoms with van der Waals surface area (Å²) in [5.74, 6) is 0.388. The third-order valence-electron chi connectivity index (χ3n) is 2.75. The van der Waals surface area contributed by atoms with E-state index in [1.54, 1.807) is 6.92 Å². The first-order valence-electron chi connectivity index (χ1n) is 5.99. The summed E-state index contributed by atoms with van der Waals surface area (Å²) in [6, 6.07) is 5.73. The molecule has 0 heterocycles. The summed E-state index contributed by atoms with van der Waals surface area (Å²) in [6.07, 6.45) is 4.14. The van der Waals surface area contributed by atoms with Crippen LogP contribution in [0.3, 0.4) is 0 Å². The fourth-order valence-corrected chi connectivity index (χ4v) is 2.31. The summed E-state index contributed by atoms with van der Waals surface area (Å²) in [7, 11) is -2.52. The number of hydrogen-bond donors (Lipinski definition) is 0. The minimum atomic E-state index is -4.01. The van der Waals surface area contributed by atoms with Gasteiger partial charge in [-0.1, -0.05) is 5.16 Å². The van der Waals surface area contributed by atoms with E-state index in [4.69, 9.17) is 4.74 Å². The Morgan fingerprint density at radius 1 is 1.10 bits per heavy atom. The fourth-order valence-electron chi connectivity index (χ4n) is 1.57. The molecule has 0 atom stereocenters. The second-order valence-electron chi connectivity index (χ2n) is 4.25. The lowest BCUT2D eigenvalue weighted by atomic mass is 10.1. The van der Waals surface area contributed by atoms with Gasteiger partial charge in [0.1, 0.15) is 16.4 Å². The normalized spacial score (nSPS) is 16.8. The minimum Gasteiger partial charge on any atom is -0.497 e. The number of oxime groups is 1. The smallest absolute Gasteiger partial charge is 0.358 e. The van der Waals surface area contributed by atoms with Crippen LogP contribution in [0.4, 0.5) is 0 Å². The van der Waals surface area contributed by atoms with E-state index >= 15 is 0 Å². The highest BCUT2D eigenvalue weighted by Crippen LogP contribution is 2.18. The van der Waals surface area contributed by atoms with Gasteiger partial charge in [0, 0.05) is 0 Å². The zero-order valence-corrected chi connectivity index (χ0v) is 12.3. The van der Waals surface area contributed by atoms with E-state index in [9.17, 15) is 13.2 Å². The second kappa shape index (κ2) is 5.92. The third-order valence-corrected chi connectivity index (χ3v) is 3.87. The van der Waals surface area contributed by atoms with Crippen molar-refractivity contribution >= 4 is 21.6 Å². The van der Waals surface area contributed by atoms with Crippen molar-refractivity contribution < 1.29 is 22.2 Å². The number of carbonyl (C=O) groups excluding carboxylic acids is 1. The molecule has 1 aromatic rings. The Morgan fingerprint density at radius 2 is 1.76 bits per heavy atom. The van der Waals surface area contributed by atoms with Crippen LogP contribution in [0.5, 0.6) is 5.75 Å². The number of ketones is 1. The summed E-state index contributed by atoms with van der Waals surface area (Å²) in [5.41, 5.74) is 0.714. The van der Waals surface area contributed by atoms with Crippen LogP contribution in [0, 0.1) is 0 Å². The molecule has 0 aromatic heterocycles. The molecule has 0 spiro atoms. The quantitative estimate of drug-likeness (QED) is 0.626. The Balaban J connectivity index is 2.18. The van der Waals surface area contributed by atoms with E-state index in [-0.39, 0.29) is 16.4 Å². The summed E-state index contributed by atoms with van der Waals surface area (Å²) < 4.78 is 33.4. The number of carbonyl (C=O) groups is 1. The number of allylic oxidation sites excluding steroid dienone is 4. The van der Waals surface area contributed by atoms with Gasteiger partial charge in [0.25, 0.3) is 0 Å². The van der Waals surface area contributed by atoms with Crippen LogP contribution >= 0.6 is 0 Å². The Labute approximate surface area is 122 Å². The fraction of sp³-hybridized carbons (Fsp3) is 0.143. The molecule has 0 bridgehead atoms. The first-order chi connectivity index (χ1) is 9.92. The lowest BCUT2D eigenvalue weighted by Crippen LogP contribution is -2.08. The van der Waals surface area contributed by atoms with Crippen molar-refractivity contribution in [1.29, 1.82) is 0 Å². The van der Waals surface area contributed by atoms with Crippen LogP contribution in [-0.4, -0.2) is 27.0 Å². The van der Waals surface area contributed by atoms with Crippen molar-refractivity contribution in [1.82, 2.24) is 0 Å². The van der Waals surface area contributed by atoms with Gasteiger partial charge in [-0.3, -0.25) is 9.08 Å². The first-order valence-corrected chi connectivity index (χ1v) is 7.39. The molecule has 2 rings (SSSR count). The van der Waals surface area contributed by atoms with Crippen molar-refractivity contribution in [2.75, 3.05) is 7.11 Å². The van der Waals surface area contributed by atoms with Crippen molar-refractivity contribution in [3.05, 3.63) is 48.1 Å². The average molecular weight is 307 g/mol. The number of ether oxygens (including phenoxy) is 1. The zero-order chi connectivity index (χ0) is 15.5. The molecule has 0 fully saturated rings. The number of methoxy groups -OCH3 is 1. The highest BCUT2D eigenvalue weighted by Gasteiger charge is 2.16. The average Bonchev–Trinajstić information content (AvgIpc) is 2.48. The predicted molar refractivity (Wildman–Crippen MR) is 76.6 cm³/mol. The van der Waals surface area contributed by atoms with E-state index in [1.807, 2.05) is 0 Å². The first kappa shape index (κ1) is 15.0. The third kappa shape index (κ3) is 3.57. The Bertz CT molecular complexity index is 742. The maximum absolute atomic E-state index is 11.9. The summed E-state index contributed by atoms with van der Waals surface area (Å²) in [6.45, 7) is 1.61. The largest absolute Gasteiger partial charge is 0.497 e. The van der Waals surface area contributed by atoms with E-state index in [0.29, 0.717) is 11.3 Å². The van der Waals surface area contributed by atoms with Crippen molar-refractivity contribution in [2.45, 2.75) is 11.8 Å². The van der Waals surface area contributed by atoms with Gasteiger partial charge in [-0.15, -0.1) is 0 Å². The molecule has 0 unspecified atom stereocenters. The summed E-state index contributed by atoms with van der Waals surface area (Å²) in [5, 5.41) is 3.54. The molecule has 0 saturated heterocycles. The van der Waals surface area contributed by atoms with Gasteiger partial charge in [-0.2, -0.15) is 8.42 Å². The van der Waals surface area contributed by atoms with Gasteiger partial charge >= 0.3 is 10.1 Å². The highest BCUT2D eigenvalue weighted by atomic mass is 32.2. The molecular formula is C14H13NO5S. The van der Waals surface area contributed by atoms with E-state index in [1.165, 1.54) is 49.6 Å². The number of nitrogens with zero attached hydrogens (tertiary/aromatic N) is 1. The molecule has 0 amide bonds. The van der Waals surface area contributed by atoms with Crippen LogP contribution < -0.4 is 4.74 Å². The molecule has 1 aromatic carbocycles. The van der Waals surface area contributed by atoms with Gasteiger partial charge in [-0.25, -0.2) is 0 Å². The predicted octanol–water partition coefficient (Wildman–Crippen LogP) is 1.84. The maximum atomic E-state index is 11.9. The molecule has 110 valence electrons. The van der Waals surface area contributed by atoms with Gasteiger partial charge in [0.05, 0.1) is 7.11 Å². The summed E-state index contributed by atoms with van der Waals surface area (Å²) in [4.78, 5) is 11.2. The van der Waals surface area contributed by atoms with Crippen LogP contribution in [0.1, 0.15) is 6.92 Å². The second-order valence-corrected chi connectivity index (χ2v) is 5.77. The molecule has 0 saturated carbocycles. The molecule has 1 aliphatic carbocycles. The molecular weight excluding hydrogens is 294 g/mol. The molecule has 0 aliphatic heterocycles. The molecule has 0 N–H and O–H groups in total. The van der Waals surface area contributed by atoms with Crippen molar-refractivity contribution in [2.24, 2.45) is 5.16 Å². The number of rotatable bonds is 4. The van der Waals surface area contributed by atoms with Gasteiger partial charge in [0.15, 0.2) is 5.78 Å². The van der Waals surface area contributed by atoms with Crippen LogP contribution in [-0.2, 0) is 19.2 Å². The van der Waals surface area contributed by atoms with Crippen LogP contribution in [0.25, 0.3) is 0 Å². The topological polar surface area (TPSA) is 82.0 Å². The Kier molecular flexibility index (Phi) is 4.23. The highest BCUT2D eigenvalue weighted by molar-refractivity contribution is 7.86. The Hall–Kier alpha value is -2.41. The van der Waals surface area contributed by atoms with Crippen LogP contribution in [0.15, 0.2) is 58.1 Å². The minimum absolute atomic E-state index is 0.0378. The molecule has 0 radical (unpaired) electrons. The van der Waals surface area contributed by atoms with Crippen molar-refractivity contribution in [3.8, 4) is 5.75 Å².